The maximum atomic E-state index is 3.46. The Balaban J connectivity index is 2.30. The highest BCUT2D eigenvalue weighted by Gasteiger charge is 2.16. The fourth-order valence-corrected chi connectivity index (χ4v) is 1.37. The molecule has 1 rings (SSSR count). The molecule has 0 spiro atoms. The van der Waals surface area contributed by atoms with Crippen LogP contribution in [0.3, 0.4) is 0 Å². The van der Waals surface area contributed by atoms with Gasteiger partial charge in [0.1, 0.15) is 0 Å². The Bertz CT molecular complexity index is 83.0. The lowest BCUT2D eigenvalue weighted by atomic mass is 10.1. The van der Waals surface area contributed by atoms with Gasteiger partial charge in [0.05, 0.1) is 0 Å². The van der Waals surface area contributed by atoms with Gasteiger partial charge in [0, 0.05) is 25.2 Å². The van der Waals surface area contributed by atoms with Gasteiger partial charge in [0.25, 0.3) is 0 Å². The van der Waals surface area contributed by atoms with E-state index in [-0.39, 0.29) is 0 Å². The van der Waals surface area contributed by atoms with E-state index in [1.165, 1.54) is 6.42 Å². The van der Waals surface area contributed by atoms with Crippen molar-refractivity contribution in [3.05, 3.63) is 0 Å². The topological polar surface area (TPSA) is 24.1 Å². The highest BCUT2D eigenvalue weighted by molar-refractivity contribution is 4.81. The van der Waals surface area contributed by atoms with Gasteiger partial charge in [-0.25, -0.2) is 0 Å². The van der Waals surface area contributed by atoms with Gasteiger partial charge in [0.2, 0.25) is 0 Å². The van der Waals surface area contributed by atoms with Crippen molar-refractivity contribution < 1.29 is 0 Å². The van der Waals surface area contributed by atoms with Crippen LogP contribution in [0, 0.1) is 0 Å². The van der Waals surface area contributed by atoms with Crippen LogP contribution in [0.15, 0.2) is 0 Å². The molecule has 1 saturated heterocycles. The number of piperazine rings is 1. The van der Waals surface area contributed by atoms with Crippen LogP contribution in [0.2, 0.25) is 0 Å². The number of nitrogens with one attached hydrogen (secondary N) is 2. The highest BCUT2D eigenvalue weighted by atomic mass is 15.1. The van der Waals surface area contributed by atoms with Crippen molar-refractivity contribution >= 4 is 0 Å². The number of hydrogen-bond acceptors (Lipinski definition) is 2. The first kappa shape index (κ1) is 7.03. The SMILES string of the molecule is CCC1NCCNC1C. The van der Waals surface area contributed by atoms with Crippen LogP contribution in [0.5, 0.6) is 0 Å². The fourth-order valence-electron chi connectivity index (χ4n) is 1.37. The Labute approximate surface area is 57.0 Å². The first-order chi connectivity index (χ1) is 4.34. The number of hydrogen-bond donors (Lipinski definition) is 2. The van der Waals surface area contributed by atoms with Crippen LogP contribution < -0.4 is 10.6 Å². The van der Waals surface area contributed by atoms with Crippen molar-refractivity contribution in [2.45, 2.75) is 32.4 Å². The van der Waals surface area contributed by atoms with E-state index in [0.717, 1.165) is 13.1 Å². The van der Waals surface area contributed by atoms with Crippen LogP contribution in [0.4, 0.5) is 0 Å². The Kier molecular flexibility index (Phi) is 2.49. The Hall–Kier alpha value is -0.0800. The second-order valence-electron chi connectivity index (χ2n) is 2.71. The van der Waals surface area contributed by atoms with Crippen LogP contribution >= 0.6 is 0 Å². The van der Waals surface area contributed by atoms with Gasteiger partial charge in [-0.3, -0.25) is 0 Å². The van der Waals surface area contributed by atoms with Crippen molar-refractivity contribution in [2.24, 2.45) is 0 Å². The minimum absolute atomic E-state index is 0.656. The summed E-state index contributed by atoms with van der Waals surface area (Å²) in [5.74, 6) is 0. The Morgan fingerprint density at radius 3 is 2.44 bits per heavy atom. The van der Waals surface area contributed by atoms with Crippen LogP contribution in [0.1, 0.15) is 20.3 Å². The lowest BCUT2D eigenvalue weighted by Crippen LogP contribution is -2.54. The van der Waals surface area contributed by atoms with Gasteiger partial charge >= 0.3 is 0 Å². The largest absolute Gasteiger partial charge is 0.311 e. The third kappa shape index (κ3) is 1.66. The average Bonchev–Trinajstić information content (AvgIpc) is 1.89. The summed E-state index contributed by atoms with van der Waals surface area (Å²) in [6.45, 7) is 6.71. The zero-order chi connectivity index (χ0) is 6.69. The molecule has 1 fully saturated rings. The van der Waals surface area contributed by atoms with E-state index in [2.05, 4.69) is 24.5 Å². The highest BCUT2D eigenvalue weighted by Crippen LogP contribution is 2.00. The van der Waals surface area contributed by atoms with Gasteiger partial charge in [0.15, 0.2) is 0 Å². The molecule has 0 radical (unpaired) electrons. The van der Waals surface area contributed by atoms with E-state index >= 15 is 0 Å². The lowest BCUT2D eigenvalue weighted by Gasteiger charge is -2.30. The first-order valence-corrected chi connectivity index (χ1v) is 3.81. The molecule has 0 bridgehead atoms. The predicted molar refractivity (Wildman–Crippen MR) is 39.5 cm³/mol. The second-order valence-corrected chi connectivity index (χ2v) is 2.71. The molecule has 0 aliphatic carbocycles. The summed E-state index contributed by atoms with van der Waals surface area (Å²) >= 11 is 0. The summed E-state index contributed by atoms with van der Waals surface area (Å²) in [5, 5.41) is 6.88. The molecule has 0 amide bonds. The van der Waals surface area contributed by atoms with E-state index in [9.17, 15) is 0 Å². The third-order valence-electron chi connectivity index (χ3n) is 2.04. The lowest BCUT2D eigenvalue weighted by molar-refractivity contribution is 0.331. The van der Waals surface area contributed by atoms with E-state index in [4.69, 9.17) is 0 Å². The molecular formula is C7H16N2. The monoisotopic (exact) mass is 128 g/mol. The molecule has 9 heavy (non-hydrogen) atoms. The van der Waals surface area contributed by atoms with Gasteiger partial charge < -0.3 is 10.6 Å². The van der Waals surface area contributed by atoms with E-state index in [1.54, 1.807) is 0 Å². The fraction of sp³-hybridized carbons (Fsp3) is 1.00. The van der Waals surface area contributed by atoms with Gasteiger partial charge in [-0.1, -0.05) is 6.92 Å². The maximum absolute atomic E-state index is 3.46. The summed E-state index contributed by atoms with van der Waals surface area (Å²) < 4.78 is 0. The third-order valence-corrected chi connectivity index (χ3v) is 2.04. The molecule has 0 aromatic carbocycles. The van der Waals surface area contributed by atoms with Gasteiger partial charge in [-0.2, -0.15) is 0 Å². The maximum Gasteiger partial charge on any atom is 0.0216 e. The van der Waals surface area contributed by atoms with Crippen molar-refractivity contribution in [1.82, 2.24) is 10.6 Å². The predicted octanol–water partition coefficient (Wildman–Crippen LogP) is 0.346. The van der Waals surface area contributed by atoms with Crippen LogP contribution in [-0.2, 0) is 0 Å². The second kappa shape index (κ2) is 3.18. The molecule has 2 heteroatoms. The zero-order valence-corrected chi connectivity index (χ0v) is 6.28. The molecule has 1 aliphatic heterocycles. The molecule has 0 aromatic heterocycles. The molecule has 1 heterocycles. The summed E-state index contributed by atoms with van der Waals surface area (Å²) in [6, 6.07) is 1.35. The molecule has 2 nitrogen and oxygen atoms in total. The van der Waals surface area contributed by atoms with Crippen LogP contribution in [-0.4, -0.2) is 25.2 Å². The molecule has 54 valence electrons. The normalized spacial score (nSPS) is 36.7. The van der Waals surface area contributed by atoms with E-state index < -0.39 is 0 Å². The molecule has 2 atom stereocenters. The standard InChI is InChI=1S/C7H16N2/c1-3-7-6(2)8-4-5-9-7/h6-9H,3-5H2,1-2H3. The van der Waals surface area contributed by atoms with Gasteiger partial charge in [-0.05, 0) is 13.3 Å². The molecule has 1 aliphatic rings. The Morgan fingerprint density at radius 2 is 2.00 bits per heavy atom. The van der Waals surface area contributed by atoms with Crippen molar-refractivity contribution in [1.29, 1.82) is 0 Å². The summed E-state index contributed by atoms with van der Waals surface area (Å²) in [7, 11) is 0. The number of rotatable bonds is 1. The van der Waals surface area contributed by atoms with Crippen molar-refractivity contribution in [3.63, 3.8) is 0 Å². The summed E-state index contributed by atoms with van der Waals surface area (Å²) in [5.41, 5.74) is 0. The minimum Gasteiger partial charge on any atom is -0.311 e. The zero-order valence-electron chi connectivity index (χ0n) is 6.28. The average molecular weight is 128 g/mol. The van der Waals surface area contributed by atoms with E-state index in [0.29, 0.717) is 12.1 Å². The molecule has 0 aromatic rings. The quantitative estimate of drug-likeness (QED) is 0.532. The minimum atomic E-state index is 0.656. The van der Waals surface area contributed by atoms with Crippen molar-refractivity contribution in [3.8, 4) is 0 Å². The van der Waals surface area contributed by atoms with Crippen molar-refractivity contribution in [2.75, 3.05) is 13.1 Å². The Morgan fingerprint density at radius 1 is 1.33 bits per heavy atom. The first-order valence-electron chi connectivity index (χ1n) is 3.81. The smallest absolute Gasteiger partial charge is 0.0216 e. The van der Waals surface area contributed by atoms with E-state index in [1.807, 2.05) is 0 Å². The van der Waals surface area contributed by atoms with Crippen LogP contribution in [0.25, 0.3) is 0 Å². The van der Waals surface area contributed by atoms with Gasteiger partial charge in [-0.15, -0.1) is 0 Å². The molecule has 2 N–H and O–H groups in total. The molecule has 2 unspecified atom stereocenters. The summed E-state index contributed by atoms with van der Waals surface area (Å²) in [6.07, 6.45) is 1.23. The molecule has 0 saturated carbocycles. The molecular weight excluding hydrogens is 112 g/mol. The summed E-state index contributed by atoms with van der Waals surface area (Å²) in [4.78, 5) is 0.